The molecule has 1 aromatic carbocycles. The predicted molar refractivity (Wildman–Crippen MR) is 97.4 cm³/mol. The SMILES string of the molecule is CCc1ccc(OC)c(S(=O)(=O)N2CCC(c3cccs3)CC2)c1. The number of sulfonamides is 1. The number of hydrogen-bond donors (Lipinski definition) is 0. The standard InChI is InChI=1S/C18H23NO3S2/c1-3-14-6-7-16(22-2)18(13-14)24(20,21)19-10-8-15(9-11-19)17-5-4-12-23-17/h4-7,12-13,15H,3,8-11H2,1-2H3. The van der Waals surface area contributed by atoms with E-state index in [1.165, 1.54) is 12.0 Å². The molecule has 0 N–H and O–H groups in total. The van der Waals surface area contributed by atoms with Gasteiger partial charge in [0.1, 0.15) is 10.6 Å². The van der Waals surface area contributed by atoms with Crippen LogP contribution in [0.4, 0.5) is 0 Å². The van der Waals surface area contributed by atoms with Gasteiger partial charge < -0.3 is 4.74 Å². The lowest BCUT2D eigenvalue weighted by Gasteiger charge is -2.31. The lowest BCUT2D eigenvalue weighted by atomic mass is 9.97. The van der Waals surface area contributed by atoms with Crippen LogP contribution in [0.5, 0.6) is 5.75 Å². The third kappa shape index (κ3) is 3.36. The van der Waals surface area contributed by atoms with E-state index in [0.717, 1.165) is 24.8 Å². The summed E-state index contributed by atoms with van der Waals surface area (Å²) in [6, 6.07) is 9.63. The second-order valence-corrected chi connectivity index (χ2v) is 8.92. The molecule has 1 saturated heterocycles. The highest BCUT2D eigenvalue weighted by molar-refractivity contribution is 7.89. The van der Waals surface area contributed by atoms with Gasteiger partial charge >= 0.3 is 0 Å². The van der Waals surface area contributed by atoms with Gasteiger partial charge in [0.15, 0.2) is 0 Å². The Balaban J connectivity index is 1.82. The van der Waals surface area contributed by atoms with Gasteiger partial charge in [-0.1, -0.05) is 19.1 Å². The van der Waals surface area contributed by atoms with Crippen LogP contribution in [0.3, 0.4) is 0 Å². The van der Waals surface area contributed by atoms with Crippen molar-refractivity contribution in [3.05, 3.63) is 46.2 Å². The van der Waals surface area contributed by atoms with Crippen LogP contribution in [-0.2, 0) is 16.4 Å². The second kappa shape index (κ2) is 7.25. The molecule has 130 valence electrons. The second-order valence-electron chi connectivity index (χ2n) is 6.03. The molecule has 24 heavy (non-hydrogen) atoms. The van der Waals surface area contributed by atoms with Gasteiger partial charge in [0, 0.05) is 18.0 Å². The van der Waals surface area contributed by atoms with Crippen molar-refractivity contribution in [3.8, 4) is 5.75 Å². The highest BCUT2D eigenvalue weighted by Gasteiger charge is 2.32. The van der Waals surface area contributed by atoms with Gasteiger partial charge in [-0.3, -0.25) is 0 Å². The number of nitrogens with zero attached hydrogens (tertiary/aromatic N) is 1. The fraction of sp³-hybridized carbons (Fsp3) is 0.444. The summed E-state index contributed by atoms with van der Waals surface area (Å²) in [4.78, 5) is 1.65. The quantitative estimate of drug-likeness (QED) is 0.808. The van der Waals surface area contributed by atoms with Crippen LogP contribution < -0.4 is 4.74 Å². The molecule has 1 fully saturated rings. The highest BCUT2D eigenvalue weighted by Crippen LogP contribution is 2.35. The molecule has 1 aliphatic heterocycles. The van der Waals surface area contributed by atoms with Crippen molar-refractivity contribution in [1.29, 1.82) is 0 Å². The van der Waals surface area contributed by atoms with Crippen LogP contribution in [0.2, 0.25) is 0 Å². The van der Waals surface area contributed by atoms with Gasteiger partial charge in [0.2, 0.25) is 10.0 Å². The van der Waals surface area contributed by atoms with Crippen molar-refractivity contribution >= 4 is 21.4 Å². The van der Waals surface area contributed by atoms with Crippen molar-refractivity contribution in [3.63, 3.8) is 0 Å². The topological polar surface area (TPSA) is 46.6 Å². The predicted octanol–water partition coefficient (Wildman–Crippen LogP) is 3.89. The van der Waals surface area contributed by atoms with Crippen LogP contribution >= 0.6 is 11.3 Å². The zero-order valence-corrected chi connectivity index (χ0v) is 15.7. The van der Waals surface area contributed by atoms with Crippen LogP contribution in [0, 0.1) is 0 Å². The fourth-order valence-corrected chi connectivity index (χ4v) is 5.76. The Labute approximate surface area is 148 Å². The van der Waals surface area contributed by atoms with Gasteiger partial charge in [0.05, 0.1) is 7.11 Å². The number of methoxy groups -OCH3 is 1. The Bertz CT molecular complexity index is 777. The summed E-state index contributed by atoms with van der Waals surface area (Å²) in [5.74, 6) is 0.896. The Morgan fingerprint density at radius 3 is 2.58 bits per heavy atom. The van der Waals surface area contributed by atoms with E-state index >= 15 is 0 Å². The van der Waals surface area contributed by atoms with E-state index in [1.807, 2.05) is 13.0 Å². The van der Waals surface area contributed by atoms with Crippen LogP contribution in [-0.4, -0.2) is 32.9 Å². The Hall–Kier alpha value is -1.37. The van der Waals surface area contributed by atoms with Crippen molar-refractivity contribution in [2.24, 2.45) is 0 Å². The summed E-state index contributed by atoms with van der Waals surface area (Å²) in [6.45, 7) is 3.14. The molecule has 0 unspecified atom stereocenters. The third-order valence-electron chi connectivity index (χ3n) is 4.65. The van der Waals surface area contributed by atoms with Crippen LogP contribution in [0.1, 0.15) is 36.1 Å². The zero-order chi connectivity index (χ0) is 17.2. The minimum atomic E-state index is -3.52. The number of ether oxygens (including phenoxy) is 1. The van der Waals surface area contributed by atoms with Gasteiger partial charge in [-0.25, -0.2) is 8.42 Å². The van der Waals surface area contributed by atoms with E-state index in [0.29, 0.717) is 29.7 Å². The molecule has 3 rings (SSSR count). The lowest BCUT2D eigenvalue weighted by Crippen LogP contribution is -2.38. The Morgan fingerprint density at radius 1 is 1.25 bits per heavy atom. The molecule has 4 nitrogen and oxygen atoms in total. The van der Waals surface area contributed by atoms with E-state index in [-0.39, 0.29) is 0 Å². The molecule has 0 atom stereocenters. The largest absolute Gasteiger partial charge is 0.495 e. The molecule has 2 heterocycles. The molecule has 0 saturated carbocycles. The molecular weight excluding hydrogens is 342 g/mol. The first kappa shape index (κ1) is 17.5. The normalized spacial score (nSPS) is 17.1. The lowest BCUT2D eigenvalue weighted by molar-refractivity contribution is 0.319. The molecule has 2 aromatic rings. The summed E-state index contributed by atoms with van der Waals surface area (Å²) in [5, 5.41) is 2.08. The fourth-order valence-electron chi connectivity index (χ4n) is 3.19. The first-order valence-corrected chi connectivity index (χ1v) is 10.6. The van der Waals surface area contributed by atoms with Gasteiger partial charge in [-0.05, 0) is 54.3 Å². The third-order valence-corrected chi connectivity index (χ3v) is 7.61. The summed E-state index contributed by atoms with van der Waals surface area (Å²) in [6.07, 6.45) is 2.54. The minimum absolute atomic E-state index is 0.291. The average Bonchev–Trinajstić information content (AvgIpc) is 3.16. The molecule has 0 spiro atoms. The van der Waals surface area contributed by atoms with Crippen LogP contribution in [0.25, 0.3) is 0 Å². The van der Waals surface area contributed by atoms with Crippen molar-refractivity contribution in [1.82, 2.24) is 4.31 Å². The first-order chi connectivity index (χ1) is 11.6. The number of thiophene rings is 1. The molecule has 0 aliphatic carbocycles. The minimum Gasteiger partial charge on any atom is -0.495 e. The molecule has 1 aliphatic rings. The monoisotopic (exact) mass is 365 g/mol. The number of rotatable bonds is 5. The number of aryl methyl sites for hydroxylation is 1. The average molecular weight is 366 g/mol. The van der Waals surface area contributed by atoms with Crippen LogP contribution in [0.15, 0.2) is 40.6 Å². The van der Waals surface area contributed by atoms with Crippen molar-refractivity contribution in [2.45, 2.75) is 37.0 Å². The van der Waals surface area contributed by atoms with Crippen molar-refractivity contribution in [2.75, 3.05) is 20.2 Å². The van der Waals surface area contributed by atoms with Gasteiger partial charge in [-0.2, -0.15) is 4.31 Å². The maximum atomic E-state index is 13.1. The van der Waals surface area contributed by atoms with Gasteiger partial charge in [-0.15, -0.1) is 11.3 Å². The molecule has 0 amide bonds. The summed E-state index contributed by atoms with van der Waals surface area (Å²) >= 11 is 1.76. The number of piperidine rings is 1. The summed E-state index contributed by atoms with van der Waals surface area (Å²) < 4.78 is 33.1. The van der Waals surface area contributed by atoms with E-state index in [1.54, 1.807) is 27.8 Å². The maximum absolute atomic E-state index is 13.1. The Morgan fingerprint density at radius 2 is 2.00 bits per heavy atom. The van der Waals surface area contributed by atoms with E-state index in [2.05, 4.69) is 17.5 Å². The van der Waals surface area contributed by atoms with Gasteiger partial charge in [0.25, 0.3) is 0 Å². The number of benzene rings is 1. The number of hydrogen-bond acceptors (Lipinski definition) is 4. The molecule has 0 bridgehead atoms. The molecule has 6 heteroatoms. The zero-order valence-electron chi connectivity index (χ0n) is 14.1. The Kier molecular flexibility index (Phi) is 5.27. The summed E-state index contributed by atoms with van der Waals surface area (Å²) in [7, 11) is -2.00. The maximum Gasteiger partial charge on any atom is 0.246 e. The molecule has 1 aromatic heterocycles. The van der Waals surface area contributed by atoms with Crippen molar-refractivity contribution < 1.29 is 13.2 Å². The molecular formula is C18H23NO3S2. The summed E-state index contributed by atoms with van der Waals surface area (Å²) in [5.41, 5.74) is 1.00. The smallest absolute Gasteiger partial charge is 0.246 e. The van der Waals surface area contributed by atoms with E-state index in [4.69, 9.17) is 4.74 Å². The van der Waals surface area contributed by atoms with E-state index in [9.17, 15) is 8.42 Å². The van der Waals surface area contributed by atoms with E-state index < -0.39 is 10.0 Å². The first-order valence-electron chi connectivity index (χ1n) is 8.26. The molecule has 0 radical (unpaired) electrons. The highest BCUT2D eigenvalue weighted by atomic mass is 32.2.